The molecular weight excluding hydrogens is 475 g/mol. The van der Waals surface area contributed by atoms with Crippen molar-refractivity contribution in [3.8, 4) is 0 Å². The third-order valence-electron chi connectivity index (χ3n) is 6.74. The molecule has 37 heavy (non-hydrogen) atoms. The summed E-state index contributed by atoms with van der Waals surface area (Å²) < 4.78 is 42.9. The highest BCUT2D eigenvalue weighted by atomic mass is 19.4. The van der Waals surface area contributed by atoms with Gasteiger partial charge in [-0.1, -0.05) is 76.2 Å². The standard InChI is InChI=1S/C30H34F3N3O/c1-21(2)19-36(25-13-9-6-10-14-25)27-16-22-15-24(35-26(22)18-34-27)17-29(37,30(31,32)33)20-28(3,4)23-11-7-5-8-12-23/h5-16,18,21,35,37H,17,19-20H2,1-4H3. The number of alkyl halides is 3. The summed E-state index contributed by atoms with van der Waals surface area (Å²) in [6.45, 7) is 8.44. The van der Waals surface area contributed by atoms with Gasteiger partial charge in [-0.05, 0) is 47.6 Å². The number of hydrogen-bond acceptors (Lipinski definition) is 3. The second kappa shape index (κ2) is 10.2. The summed E-state index contributed by atoms with van der Waals surface area (Å²) in [4.78, 5) is 9.76. The smallest absolute Gasteiger partial charge is 0.380 e. The molecule has 0 saturated carbocycles. The van der Waals surface area contributed by atoms with Gasteiger partial charge in [-0.25, -0.2) is 4.98 Å². The number of anilines is 2. The highest BCUT2D eigenvalue weighted by Crippen LogP contribution is 2.43. The lowest BCUT2D eigenvalue weighted by atomic mass is 9.73. The van der Waals surface area contributed by atoms with E-state index in [-0.39, 0.29) is 0 Å². The molecule has 0 amide bonds. The minimum absolute atomic E-state index is 0.313. The molecule has 4 nitrogen and oxygen atoms in total. The van der Waals surface area contributed by atoms with Gasteiger partial charge < -0.3 is 15.0 Å². The largest absolute Gasteiger partial charge is 0.417 e. The fourth-order valence-electron chi connectivity index (χ4n) is 4.93. The van der Waals surface area contributed by atoms with Crippen molar-refractivity contribution in [3.05, 3.63) is 90.3 Å². The molecule has 196 valence electrons. The van der Waals surface area contributed by atoms with E-state index in [2.05, 4.69) is 28.7 Å². The SMILES string of the molecule is CC(C)CN(c1ccccc1)c1cc2cc(CC(O)(CC(C)(C)c3ccccc3)C(F)(F)F)[nH]c2cn1. The van der Waals surface area contributed by atoms with Gasteiger partial charge in [-0.3, -0.25) is 0 Å². The predicted molar refractivity (Wildman–Crippen MR) is 143 cm³/mol. The Balaban J connectivity index is 1.66. The number of nitrogens with one attached hydrogen (secondary N) is 1. The Morgan fingerprint density at radius 1 is 0.946 bits per heavy atom. The van der Waals surface area contributed by atoms with Crippen molar-refractivity contribution >= 4 is 22.4 Å². The molecule has 2 heterocycles. The first-order valence-corrected chi connectivity index (χ1v) is 12.5. The van der Waals surface area contributed by atoms with E-state index in [9.17, 15) is 18.3 Å². The summed E-state index contributed by atoms with van der Waals surface area (Å²) in [5.41, 5.74) is -1.12. The van der Waals surface area contributed by atoms with Gasteiger partial charge in [0.1, 0.15) is 5.82 Å². The Bertz CT molecular complexity index is 1320. The van der Waals surface area contributed by atoms with E-state index < -0.39 is 30.0 Å². The van der Waals surface area contributed by atoms with Crippen LogP contribution in [0.4, 0.5) is 24.7 Å². The zero-order valence-electron chi connectivity index (χ0n) is 21.7. The third kappa shape index (κ3) is 5.99. The molecule has 2 aromatic heterocycles. The number of halogens is 3. The lowest BCUT2D eigenvalue weighted by molar-refractivity contribution is -0.266. The summed E-state index contributed by atoms with van der Waals surface area (Å²) in [6, 6.07) is 22.5. The minimum atomic E-state index is -4.80. The Morgan fingerprint density at radius 3 is 2.16 bits per heavy atom. The number of aromatic nitrogens is 2. The van der Waals surface area contributed by atoms with Crippen molar-refractivity contribution in [2.24, 2.45) is 5.92 Å². The van der Waals surface area contributed by atoms with Gasteiger partial charge in [0.15, 0.2) is 5.60 Å². The van der Waals surface area contributed by atoms with Crippen LogP contribution in [0.2, 0.25) is 0 Å². The molecule has 0 fully saturated rings. The fraction of sp³-hybridized carbons (Fsp3) is 0.367. The van der Waals surface area contributed by atoms with E-state index in [1.165, 1.54) is 0 Å². The first kappa shape index (κ1) is 26.7. The molecule has 2 N–H and O–H groups in total. The summed E-state index contributed by atoms with van der Waals surface area (Å²) in [7, 11) is 0. The topological polar surface area (TPSA) is 52.1 Å². The van der Waals surface area contributed by atoms with Crippen LogP contribution in [0.1, 0.15) is 45.4 Å². The maximum absolute atomic E-state index is 14.3. The zero-order valence-corrected chi connectivity index (χ0v) is 21.7. The average Bonchev–Trinajstić information content (AvgIpc) is 3.23. The van der Waals surface area contributed by atoms with Crippen molar-refractivity contribution in [3.63, 3.8) is 0 Å². The van der Waals surface area contributed by atoms with Gasteiger partial charge in [0.2, 0.25) is 0 Å². The number of benzene rings is 2. The number of fused-ring (bicyclic) bond motifs is 1. The van der Waals surface area contributed by atoms with Gasteiger partial charge >= 0.3 is 6.18 Å². The molecule has 2 aromatic carbocycles. The van der Waals surface area contributed by atoms with E-state index in [1.807, 2.05) is 42.5 Å². The van der Waals surface area contributed by atoms with E-state index >= 15 is 0 Å². The Labute approximate surface area is 216 Å². The lowest BCUT2D eigenvalue weighted by Gasteiger charge is -2.37. The number of H-pyrrole nitrogens is 1. The quantitative estimate of drug-likeness (QED) is 0.245. The van der Waals surface area contributed by atoms with Crippen LogP contribution in [0, 0.1) is 5.92 Å². The zero-order chi connectivity index (χ0) is 26.8. The van der Waals surface area contributed by atoms with E-state index in [1.54, 1.807) is 50.4 Å². The predicted octanol–water partition coefficient (Wildman–Crippen LogP) is 7.56. The van der Waals surface area contributed by atoms with Crippen molar-refractivity contribution in [2.75, 3.05) is 11.4 Å². The lowest BCUT2D eigenvalue weighted by Crippen LogP contribution is -2.50. The second-order valence-corrected chi connectivity index (χ2v) is 10.9. The van der Waals surface area contributed by atoms with Crippen LogP contribution >= 0.6 is 0 Å². The number of para-hydroxylation sites is 1. The number of nitrogens with zero attached hydrogens (tertiary/aromatic N) is 2. The van der Waals surface area contributed by atoms with Crippen molar-refractivity contribution < 1.29 is 18.3 Å². The maximum Gasteiger partial charge on any atom is 0.417 e. The molecule has 0 aliphatic rings. The molecule has 0 aliphatic carbocycles. The molecule has 0 bridgehead atoms. The molecule has 4 aromatic rings. The first-order valence-electron chi connectivity index (χ1n) is 12.5. The van der Waals surface area contributed by atoms with Crippen LogP contribution < -0.4 is 4.90 Å². The third-order valence-corrected chi connectivity index (χ3v) is 6.74. The Morgan fingerprint density at radius 2 is 1.57 bits per heavy atom. The van der Waals surface area contributed by atoms with Crippen LogP contribution in [0.15, 0.2) is 79.0 Å². The van der Waals surface area contributed by atoms with E-state index in [4.69, 9.17) is 0 Å². The van der Waals surface area contributed by atoms with E-state index in [0.29, 0.717) is 22.9 Å². The number of hydrogen-bond donors (Lipinski definition) is 2. The fourth-order valence-corrected chi connectivity index (χ4v) is 4.93. The normalized spacial score (nSPS) is 14.2. The van der Waals surface area contributed by atoms with Crippen molar-refractivity contribution in [1.82, 2.24) is 9.97 Å². The number of pyridine rings is 1. The van der Waals surface area contributed by atoms with E-state index in [0.717, 1.165) is 23.2 Å². The monoisotopic (exact) mass is 509 g/mol. The highest BCUT2D eigenvalue weighted by Gasteiger charge is 2.56. The van der Waals surface area contributed by atoms with Crippen LogP contribution in [0.3, 0.4) is 0 Å². The molecule has 4 rings (SSSR count). The highest BCUT2D eigenvalue weighted by molar-refractivity contribution is 5.83. The molecular formula is C30H34F3N3O. The molecule has 1 atom stereocenters. The number of aromatic amines is 1. The molecule has 0 radical (unpaired) electrons. The van der Waals surface area contributed by atoms with Gasteiger partial charge in [0, 0.05) is 29.7 Å². The van der Waals surface area contributed by atoms with Crippen LogP contribution in [0.25, 0.3) is 10.9 Å². The van der Waals surface area contributed by atoms with Crippen LogP contribution in [0.5, 0.6) is 0 Å². The molecule has 7 heteroatoms. The Kier molecular flexibility index (Phi) is 7.38. The number of aliphatic hydroxyl groups is 1. The van der Waals surface area contributed by atoms with Crippen LogP contribution in [-0.2, 0) is 11.8 Å². The molecule has 0 saturated heterocycles. The van der Waals surface area contributed by atoms with Crippen molar-refractivity contribution in [1.29, 1.82) is 0 Å². The summed E-state index contributed by atoms with van der Waals surface area (Å²) >= 11 is 0. The summed E-state index contributed by atoms with van der Waals surface area (Å²) in [6.07, 6.45) is -4.21. The minimum Gasteiger partial charge on any atom is -0.380 e. The van der Waals surface area contributed by atoms with Gasteiger partial charge in [0.05, 0.1) is 11.7 Å². The molecule has 0 spiro atoms. The maximum atomic E-state index is 14.3. The Hall–Kier alpha value is -3.32. The second-order valence-electron chi connectivity index (χ2n) is 10.9. The van der Waals surface area contributed by atoms with Gasteiger partial charge in [-0.2, -0.15) is 13.2 Å². The summed E-state index contributed by atoms with van der Waals surface area (Å²) in [5, 5.41) is 11.8. The van der Waals surface area contributed by atoms with Crippen LogP contribution in [-0.4, -0.2) is 33.4 Å². The molecule has 1 unspecified atom stereocenters. The van der Waals surface area contributed by atoms with Gasteiger partial charge in [-0.15, -0.1) is 0 Å². The summed E-state index contributed by atoms with van der Waals surface area (Å²) in [5.74, 6) is 1.09. The average molecular weight is 510 g/mol. The molecule has 0 aliphatic heterocycles. The first-order chi connectivity index (χ1) is 17.4. The van der Waals surface area contributed by atoms with Crippen molar-refractivity contribution in [2.45, 2.75) is 57.7 Å². The van der Waals surface area contributed by atoms with Gasteiger partial charge in [0.25, 0.3) is 0 Å². The number of rotatable bonds is 9.